The number of rotatable bonds is 13. The molecule has 30 rings (SSSR count). The molecule has 0 spiro atoms. The van der Waals surface area contributed by atoms with Crippen LogP contribution < -0.4 is 0 Å². The highest BCUT2D eigenvalue weighted by molar-refractivity contribution is 6.18. The number of aromatic nitrogens is 6. The predicted molar refractivity (Wildman–Crippen MR) is 583 cm³/mol. The van der Waals surface area contributed by atoms with E-state index in [0.29, 0.717) is 5.95 Å². The minimum atomic E-state index is -0.660. The zero-order valence-electron chi connectivity index (χ0n) is 76.7. The van der Waals surface area contributed by atoms with Gasteiger partial charge in [-0.2, -0.15) is 0 Å². The zero-order chi connectivity index (χ0) is 92.3. The minimum absolute atomic E-state index is 0.530. The maximum atomic E-state index is 6.09. The van der Waals surface area contributed by atoms with Crippen LogP contribution in [0, 0.1) is 0 Å². The first-order chi connectivity index (χ1) is 69.9. The van der Waals surface area contributed by atoms with Crippen molar-refractivity contribution in [2.24, 2.45) is 0 Å². The largest absolute Gasteiger partial charge is 0.309 e. The highest BCUT2D eigenvalue weighted by Crippen LogP contribution is 2.62. The Hall–Kier alpha value is -18.4. The molecule has 6 nitrogen and oxygen atoms in total. The van der Waals surface area contributed by atoms with Gasteiger partial charge in [0.1, 0.15) is 0 Å². The van der Waals surface area contributed by atoms with Crippen LogP contribution in [0.25, 0.3) is 199 Å². The number of hydrogen-bond donors (Lipinski definition) is 0. The summed E-state index contributed by atoms with van der Waals surface area (Å²) in [5.74, 6) is 0.593. The molecule has 0 bridgehead atoms. The molecule has 0 fully saturated rings. The van der Waals surface area contributed by atoms with Crippen molar-refractivity contribution < 1.29 is 0 Å². The molecule has 0 saturated carbocycles. The van der Waals surface area contributed by atoms with E-state index in [1.54, 1.807) is 0 Å². The Labute approximate surface area is 813 Å². The van der Waals surface area contributed by atoms with Gasteiger partial charge in [0, 0.05) is 71.1 Å². The van der Waals surface area contributed by atoms with E-state index in [4.69, 9.17) is 9.97 Å². The van der Waals surface area contributed by atoms with Crippen LogP contribution in [0.1, 0.15) is 66.8 Å². The Bertz CT molecular complexity index is 9820. The molecule has 22 aromatic carbocycles. The third-order valence-corrected chi connectivity index (χ3v) is 31.6. The van der Waals surface area contributed by atoms with Crippen LogP contribution in [-0.2, 0) is 16.2 Å². The SMILES string of the molecule is c1ccc(C2(c3ccccc3)c3ccccc3-c3ccc(-c4nc(-n5c6ccccc6c6cc(-c7ccc8c(c7)c7ccccc7n8-c7ccc8c(c7)C(c7ccccc7)(c7ccccc7)c7ccccc7-8)ccc65)nc5ccc6cc(-n7c8ccccc8c8cc(-c9ccc%10c(c9)c9ccccc9n%10-c9ccc%10c(c9)C(c9ccccc9)(c9ccccc9)c9ccccc9-%10)ccc87)ccc6c45)cc32)cc1. The van der Waals surface area contributed by atoms with E-state index in [1.165, 1.54) is 138 Å². The summed E-state index contributed by atoms with van der Waals surface area (Å²) in [5.41, 5.74) is 40.3. The van der Waals surface area contributed by atoms with Crippen molar-refractivity contribution in [1.82, 2.24) is 28.2 Å². The summed E-state index contributed by atoms with van der Waals surface area (Å²) in [7, 11) is 0. The van der Waals surface area contributed by atoms with Crippen molar-refractivity contribution in [3.05, 3.63) is 576 Å². The summed E-state index contributed by atoms with van der Waals surface area (Å²) in [6.45, 7) is 0. The second kappa shape index (κ2) is 30.3. The summed E-state index contributed by atoms with van der Waals surface area (Å²) in [6.07, 6.45) is 0. The van der Waals surface area contributed by atoms with Crippen molar-refractivity contribution in [3.63, 3.8) is 0 Å². The van der Waals surface area contributed by atoms with Crippen LogP contribution in [-0.4, -0.2) is 28.2 Å². The van der Waals surface area contributed by atoms with Crippen LogP contribution >= 0.6 is 0 Å². The monoisotopic (exact) mass is 1790 g/mol. The quantitative estimate of drug-likeness (QED) is 0.108. The van der Waals surface area contributed by atoms with Crippen molar-refractivity contribution in [2.75, 3.05) is 0 Å². The van der Waals surface area contributed by atoms with Gasteiger partial charge in [0.05, 0.1) is 71.6 Å². The molecule has 0 N–H and O–H groups in total. The standard InChI is InChI=1S/C135H84N6/c1-7-33-91(34-8-1)133(92-35-9-2-10-36-92)115-52-26-19-45-101(115)104-68-59-90(82-118(104)133)131-130-100-69-65-97(138-122-55-29-22-48-107(122)111-78-85(61-73-126(111)138)86-62-74-127-112(79-86)108-49-23-30-56-123(108)139(127)98-66-70-105-102-46-20-27-53-116(102)134(119(105)83-98,93-37-11-3-12-38-93)94-39-13-4-14-40-94)77-89(100)60-72-121(130)136-132(137-131)141-125-58-32-25-51-110(125)114-81-88(64-76-129(114)141)87-63-75-128-113(80-87)109-50-24-31-57-124(109)140(128)99-67-71-106-103-47-21-28-54-117(103)135(120(106)84-99,95-41-15-5-16-42-95)96-43-17-6-18-44-96/h1-84H. The second-order valence-corrected chi connectivity index (χ2v) is 38.4. The fourth-order valence-electron chi connectivity index (χ4n) is 25.8. The topological polar surface area (TPSA) is 45.5 Å². The third kappa shape index (κ3) is 11.1. The van der Waals surface area contributed by atoms with E-state index in [-0.39, 0.29) is 0 Å². The van der Waals surface area contributed by atoms with Gasteiger partial charge in [-0.05, 0) is 254 Å². The lowest BCUT2D eigenvalue weighted by Crippen LogP contribution is -2.28. The van der Waals surface area contributed by atoms with E-state index in [9.17, 15) is 0 Å². The van der Waals surface area contributed by atoms with Crippen molar-refractivity contribution in [1.29, 1.82) is 0 Å². The number of hydrogen-bond acceptors (Lipinski definition) is 2. The molecule has 654 valence electrons. The molecule has 5 aromatic heterocycles. The molecule has 27 aromatic rings. The third-order valence-electron chi connectivity index (χ3n) is 31.6. The Morgan fingerprint density at radius 2 is 0.440 bits per heavy atom. The second-order valence-electron chi connectivity index (χ2n) is 38.4. The highest BCUT2D eigenvalue weighted by atomic mass is 15.2. The molecule has 0 unspecified atom stereocenters. The maximum Gasteiger partial charge on any atom is 0.235 e. The first kappa shape index (κ1) is 78.9. The van der Waals surface area contributed by atoms with Gasteiger partial charge in [-0.25, -0.2) is 9.97 Å². The van der Waals surface area contributed by atoms with Crippen LogP contribution in [0.15, 0.2) is 510 Å². The molecule has 0 amide bonds. The van der Waals surface area contributed by atoms with Gasteiger partial charge < -0.3 is 13.7 Å². The molecular formula is C135H84N6. The summed E-state index contributed by atoms with van der Waals surface area (Å²) in [6, 6.07) is 191. The average molecular weight is 1790 g/mol. The van der Waals surface area contributed by atoms with Gasteiger partial charge in [0.15, 0.2) is 0 Å². The van der Waals surface area contributed by atoms with Crippen LogP contribution in [0.5, 0.6) is 0 Å². The Kier molecular flexibility index (Phi) is 17.0. The summed E-state index contributed by atoms with van der Waals surface area (Å²) in [4.78, 5) is 11.9. The first-order valence-corrected chi connectivity index (χ1v) is 48.9. The first-order valence-electron chi connectivity index (χ1n) is 48.9. The number of benzene rings is 22. The van der Waals surface area contributed by atoms with E-state index >= 15 is 0 Å². The van der Waals surface area contributed by atoms with Crippen LogP contribution in [0.4, 0.5) is 0 Å². The zero-order valence-corrected chi connectivity index (χ0v) is 76.7. The summed E-state index contributed by atoms with van der Waals surface area (Å²) in [5, 5.41) is 12.5. The van der Waals surface area contributed by atoms with E-state index in [2.05, 4.69) is 528 Å². The van der Waals surface area contributed by atoms with Crippen molar-refractivity contribution in [2.45, 2.75) is 16.2 Å². The molecule has 0 radical (unpaired) electrons. The van der Waals surface area contributed by atoms with E-state index in [0.717, 1.165) is 122 Å². The smallest absolute Gasteiger partial charge is 0.235 e. The summed E-state index contributed by atoms with van der Waals surface area (Å²) < 4.78 is 9.74. The van der Waals surface area contributed by atoms with Gasteiger partial charge in [-0.3, -0.25) is 4.57 Å². The Morgan fingerprint density at radius 3 is 0.809 bits per heavy atom. The van der Waals surface area contributed by atoms with Gasteiger partial charge in [0.2, 0.25) is 5.95 Å². The normalized spacial score (nSPS) is 13.6. The predicted octanol–water partition coefficient (Wildman–Crippen LogP) is 33.3. The molecule has 141 heavy (non-hydrogen) atoms. The molecule has 0 saturated heterocycles. The Morgan fingerprint density at radius 1 is 0.163 bits per heavy atom. The molecule has 6 heteroatoms. The lowest BCUT2D eigenvalue weighted by molar-refractivity contribution is 0.767. The lowest BCUT2D eigenvalue weighted by atomic mass is 9.67. The van der Waals surface area contributed by atoms with Gasteiger partial charge >= 0.3 is 0 Å². The van der Waals surface area contributed by atoms with Crippen molar-refractivity contribution >= 4 is 109 Å². The maximum absolute atomic E-state index is 6.09. The van der Waals surface area contributed by atoms with E-state index in [1.807, 2.05) is 0 Å². The molecule has 0 aliphatic heterocycles. The van der Waals surface area contributed by atoms with Gasteiger partial charge in [0.25, 0.3) is 0 Å². The summed E-state index contributed by atoms with van der Waals surface area (Å²) >= 11 is 0. The van der Waals surface area contributed by atoms with Crippen molar-refractivity contribution in [3.8, 4) is 89.9 Å². The molecule has 3 aliphatic rings. The number of fused-ring (bicyclic) bond motifs is 24. The molecule has 0 atom stereocenters. The van der Waals surface area contributed by atoms with Gasteiger partial charge in [-0.1, -0.05) is 388 Å². The average Bonchev–Trinajstić information content (AvgIpc) is 1.52. The fourth-order valence-corrected chi connectivity index (χ4v) is 25.8. The fraction of sp³-hybridized carbons (Fsp3) is 0.0222. The lowest BCUT2D eigenvalue weighted by Gasteiger charge is -2.34. The van der Waals surface area contributed by atoms with Crippen LogP contribution in [0.3, 0.4) is 0 Å². The minimum Gasteiger partial charge on any atom is -0.309 e. The van der Waals surface area contributed by atoms with Gasteiger partial charge in [-0.15, -0.1) is 0 Å². The van der Waals surface area contributed by atoms with E-state index < -0.39 is 16.2 Å². The number of nitrogens with zero attached hydrogens (tertiary/aromatic N) is 6. The number of para-hydroxylation sites is 4. The highest BCUT2D eigenvalue weighted by Gasteiger charge is 2.50. The Balaban J connectivity index is 0.558. The molecule has 3 aliphatic carbocycles. The molecule has 5 heterocycles. The molecular weight excluding hydrogens is 1710 g/mol. The van der Waals surface area contributed by atoms with Crippen LogP contribution in [0.2, 0.25) is 0 Å².